The van der Waals surface area contributed by atoms with E-state index in [0.717, 1.165) is 32.1 Å². The molecule has 2 aromatic rings. The maximum atomic E-state index is 14.0. The number of nitrogens with one attached hydrogen (secondary N) is 1. The number of anilines is 1. The van der Waals surface area contributed by atoms with Crippen molar-refractivity contribution >= 4 is 39.1 Å². The van der Waals surface area contributed by atoms with E-state index in [1.807, 2.05) is 12.1 Å². The van der Waals surface area contributed by atoms with Crippen LogP contribution in [0.2, 0.25) is 5.02 Å². The molecule has 10 nitrogen and oxygen atoms in total. The summed E-state index contributed by atoms with van der Waals surface area (Å²) in [4.78, 5) is 31.4. The maximum Gasteiger partial charge on any atom is 0.270 e. The molecule has 2 N–H and O–H groups in total. The molecule has 4 aliphatic rings. The lowest BCUT2D eigenvalue weighted by Crippen LogP contribution is -2.53. The van der Waals surface area contributed by atoms with Gasteiger partial charge in [0, 0.05) is 44.2 Å². The standard InChI is InChI=1S/C38H50ClN3O7S/c1-36(2,3)50(46,47)40-35(44)38(45)21-34(43)41(4)18-7-6-10-32(48-5)29-14-11-26(29)22-42-23-37(24-49-33-16-12-27(38)20-31(33)42)17-8-9-25-19-28(39)13-15-30(25)37/h6,10,12-13,15-16,19-20,26,29,32,45H,7-9,11,14,17-18,21-24H2,1-5H3,(H,40,44)/b10-6-/t26-,29+,32-,37-,38+/m0/s1. The number of benzene rings is 2. The molecule has 12 heteroatoms. The molecule has 0 saturated heterocycles. The molecule has 1 spiro atoms. The summed E-state index contributed by atoms with van der Waals surface area (Å²) in [5.74, 6) is -0.481. The molecule has 0 aromatic heterocycles. The molecule has 2 amide bonds. The van der Waals surface area contributed by atoms with Crippen molar-refractivity contribution in [1.29, 1.82) is 0 Å². The fourth-order valence-corrected chi connectivity index (χ4v) is 8.87. The van der Waals surface area contributed by atoms with E-state index < -0.39 is 38.6 Å². The summed E-state index contributed by atoms with van der Waals surface area (Å²) in [5, 5.41) is 13.0. The number of methoxy groups -OCH3 is 1. The summed E-state index contributed by atoms with van der Waals surface area (Å²) in [6.45, 7) is 6.48. The van der Waals surface area contributed by atoms with E-state index in [4.69, 9.17) is 21.1 Å². The number of aryl methyl sites for hydroxylation is 1. The highest BCUT2D eigenvalue weighted by Gasteiger charge is 2.47. The molecule has 2 bridgehead atoms. The monoisotopic (exact) mass is 727 g/mol. The van der Waals surface area contributed by atoms with Crippen LogP contribution in [0.1, 0.15) is 76.0 Å². The van der Waals surface area contributed by atoms with Gasteiger partial charge in [0.25, 0.3) is 5.91 Å². The van der Waals surface area contributed by atoms with Crippen LogP contribution in [0.25, 0.3) is 0 Å². The Labute approximate surface area is 301 Å². The Morgan fingerprint density at radius 1 is 1.16 bits per heavy atom. The summed E-state index contributed by atoms with van der Waals surface area (Å²) in [6.07, 6.45) is 8.82. The maximum absolute atomic E-state index is 14.0. The van der Waals surface area contributed by atoms with Crippen molar-refractivity contribution in [2.75, 3.05) is 45.3 Å². The van der Waals surface area contributed by atoms with E-state index in [2.05, 4.69) is 27.8 Å². The molecule has 0 unspecified atom stereocenters. The molecular weight excluding hydrogens is 678 g/mol. The van der Waals surface area contributed by atoms with Crippen LogP contribution >= 0.6 is 11.6 Å². The number of carbonyl (C=O) groups is 2. The first-order valence-electron chi connectivity index (χ1n) is 17.6. The van der Waals surface area contributed by atoms with Crippen molar-refractivity contribution < 1.29 is 32.6 Å². The van der Waals surface area contributed by atoms with E-state index in [9.17, 15) is 23.1 Å². The number of hydrogen-bond acceptors (Lipinski definition) is 8. The second kappa shape index (κ2) is 13.8. The first-order chi connectivity index (χ1) is 23.6. The minimum Gasteiger partial charge on any atom is -0.490 e. The topological polar surface area (TPSA) is 125 Å². The third-order valence-corrected chi connectivity index (χ3v) is 13.6. The smallest absolute Gasteiger partial charge is 0.270 e. The van der Waals surface area contributed by atoms with Gasteiger partial charge in [-0.05, 0) is 112 Å². The lowest BCUT2D eigenvalue weighted by molar-refractivity contribution is -0.148. The highest BCUT2D eigenvalue weighted by atomic mass is 35.5. The van der Waals surface area contributed by atoms with E-state index in [0.29, 0.717) is 55.0 Å². The number of ether oxygens (including phenoxy) is 2. The lowest BCUT2D eigenvalue weighted by atomic mass is 9.68. The van der Waals surface area contributed by atoms with Crippen LogP contribution in [-0.2, 0) is 41.8 Å². The second-order valence-electron chi connectivity index (χ2n) is 15.6. The van der Waals surface area contributed by atoms with Crippen LogP contribution in [0, 0.1) is 11.8 Å². The molecule has 2 aromatic carbocycles. The number of aliphatic hydroxyl groups is 1. The Morgan fingerprint density at radius 2 is 1.94 bits per heavy atom. The molecule has 2 heterocycles. The Bertz CT molecular complexity index is 1780. The van der Waals surface area contributed by atoms with E-state index in [1.54, 1.807) is 32.4 Å². The fraction of sp³-hybridized carbons (Fsp3) is 0.579. The summed E-state index contributed by atoms with van der Waals surface area (Å²) < 4.78 is 39.8. The molecular formula is C38H50ClN3O7S. The largest absolute Gasteiger partial charge is 0.490 e. The van der Waals surface area contributed by atoms with Crippen LogP contribution in [0.5, 0.6) is 5.75 Å². The third kappa shape index (κ3) is 6.90. The average molecular weight is 728 g/mol. The fourth-order valence-electron chi connectivity index (χ4n) is 7.95. The molecule has 2 aliphatic carbocycles. The van der Waals surface area contributed by atoms with Crippen molar-refractivity contribution in [3.63, 3.8) is 0 Å². The van der Waals surface area contributed by atoms with Crippen molar-refractivity contribution in [2.45, 2.75) is 87.6 Å². The summed E-state index contributed by atoms with van der Waals surface area (Å²) in [7, 11) is -0.858. The summed E-state index contributed by atoms with van der Waals surface area (Å²) >= 11 is 6.45. The Balaban J connectivity index is 1.48. The number of hydrogen-bond donors (Lipinski definition) is 2. The summed E-state index contributed by atoms with van der Waals surface area (Å²) in [6, 6.07) is 11.1. The van der Waals surface area contributed by atoms with Gasteiger partial charge in [-0.1, -0.05) is 35.9 Å². The van der Waals surface area contributed by atoms with E-state index >= 15 is 0 Å². The number of carbonyl (C=O) groups excluding carboxylic acids is 2. The predicted octanol–water partition coefficient (Wildman–Crippen LogP) is 5.09. The van der Waals surface area contributed by atoms with Crippen LogP contribution in [0.3, 0.4) is 0 Å². The molecule has 50 heavy (non-hydrogen) atoms. The van der Waals surface area contributed by atoms with Gasteiger partial charge in [-0.2, -0.15) is 0 Å². The van der Waals surface area contributed by atoms with Crippen molar-refractivity contribution in [3.8, 4) is 5.75 Å². The first kappa shape index (κ1) is 36.7. The average Bonchev–Trinajstić information content (AvgIpc) is 3.19. The van der Waals surface area contributed by atoms with Gasteiger partial charge in [0.2, 0.25) is 15.9 Å². The highest BCUT2D eigenvalue weighted by molar-refractivity contribution is 7.91. The molecule has 5 atom stereocenters. The number of sulfonamides is 1. The minimum atomic E-state index is -4.21. The van der Waals surface area contributed by atoms with Gasteiger partial charge >= 0.3 is 0 Å². The van der Waals surface area contributed by atoms with Crippen LogP contribution in [-0.4, -0.2) is 81.5 Å². The number of fused-ring (bicyclic) bond motifs is 4. The van der Waals surface area contributed by atoms with Gasteiger partial charge in [0.1, 0.15) is 5.75 Å². The zero-order chi connectivity index (χ0) is 36.1. The van der Waals surface area contributed by atoms with Gasteiger partial charge < -0.3 is 24.4 Å². The van der Waals surface area contributed by atoms with Gasteiger partial charge in [-0.3, -0.25) is 9.59 Å². The molecule has 1 fully saturated rings. The Morgan fingerprint density at radius 3 is 2.64 bits per heavy atom. The first-order valence-corrected chi connectivity index (χ1v) is 19.5. The third-order valence-electron chi connectivity index (χ3n) is 11.3. The Kier molecular flexibility index (Phi) is 10.1. The molecule has 6 rings (SSSR count). The number of amides is 2. The van der Waals surface area contributed by atoms with Gasteiger partial charge in [-0.25, -0.2) is 13.1 Å². The van der Waals surface area contributed by atoms with Crippen LogP contribution in [0.15, 0.2) is 48.6 Å². The quantitative estimate of drug-likeness (QED) is 0.419. The molecule has 2 aliphatic heterocycles. The number of rotatable bonds is 3. The lowest BCUT2D eigenvalue weighted by Gasteiger charge is -2.46. The predicted molar refractivity (Wildman–Crippen MR) is 194 cm³/mol. The minimum absolute atomic E-state index is 0.0678. The van der Waals surface area contributed by atoms with Crippen LogP contribution in [0.4, 0.5) is 5.69 Å². The number of nitrogens with zero attached hydrogens (tertiary/aromatic N) is 2. The molecule has 1 saturated carbocycles. The van der Waals surface area contributed by atoms with Crippen molar-refractivity contribution in [1.82, 2.24) is 9.62 Å². The zero-order valence-electron chi connectivity index (χ0n) is 29.7. The Hall–Kier alpha value is -3.12. The molecule has 272 valence electrons. The van der Waals surface area contributed by atoms with Gasteiger partial charge in [-0.15, -0.1) is 0 Å². The number of halogens is 1. The van der Waals surface area contributed by atoms with Crippen molar-refractivity contribution in [2.24, 2.45) is 11.8 Å². The highest BCUT2D eigenvalue weighted by Crippen LogP contribution is 2.48. The second-order valence-corrected chi connectivity index (χ2v) is 18.5. The van der Waals surface area contributed by atoms with Crippen LogP contribution < -0.4 is 14.4 Å². The van der Waals surface area contributed by atoms with Gasteiger partial charge in [0.15, 0.2) is 5.60 Å². The van der Waals surface area contributed by atoms with Gasteiger partial charge in [0.05, 0.1) is 29.6 Å². The molecule has 0 radical (unpaired) electrons. The normalized spacial score (nSPS) is 29.6. The van der Waals surface area contributed by atoms with E-state index in [1.165, 1.54) is 36.8 Å². The van der Waals surface area contributed by atoms with Crippen molar-refractivity contribution in [3.05, 3.63) is 70.3 Å². The SMILES string of the molecule is CO[C@H]1/C=C\CCN(C)C(=O)C[C@](O)(C(=O)NS(=O)(=O)C(C)(C)C)c2ccc3c(c2)N(C[C@@H]2CC[C@H]21)C[C@@]1(CCCc2cc(Cl)ccc21)CO3. The zero-order valence-corrected chi connectivity index (χ0v) is 31.3. The summed E-state index contributed by atoms with van der Waals surface area (Å²) in [5.41, 5.74) is 0.405. The van der Waals surface area contributed by atoms with E-state index in [-0.39, 0.29) is 23.0 Å².